The Morgan fingerprint density at radius 2 is 2.15 bits per heavy atom. The van der Waals surface area contributed by atoms with Gasteiger partial charge in [0.1, 0.15) is 11.4 Å². The monoisotopic (exact) mass is 376 g/mol. The molecule has 1 unspecified atom stereocenters. The first kappa shape index (κ1) is 18.6. The van der Waals surface area contributed by atoms with Crippen LogP contribution in [0.4, 0.5) is 5.82 Å². The van der Waals surface area contributed by atoms with Crippen molar-refractivity contribution in [3.63, 3.8) is 0 Å². The Kier molecular flexibility index (Phi) is 5.29. The summed E-state index contributed by atoms with van der Waals surface area (Å²) in [5, 5.41) is 0. The van der Waals surface area contributed by atoms with Gasteiger partial charge in [0.25, 0.3) is 0 Å². The van der Waals surface area contributed by atoms with Crippen LogP contribution >= 0.6 is 0 Å². The van der Waals surface area contributed by atoms with E-state index in [0.717, 1.165) is 31.6 Å². The molecule has 0 bridgehead atoms. The van der Waals surface area contributed by atoms with Gasteiger partial charge in [0, 0.05) is 32.6 Å². The maximum atomic E-state index is 12.9. The van der Waals surface area contributed by atoms with Crippen molar-refractivity contribution in [1.82, 2.24) is 14.9 Å². The van der Waals surface area contributed by atoms with Crippen LogP contribution in [0.3, 0.4) is 0 Å². The molecule has 0 aromatic carbocycles. The van der Waals surface area contributed by atoms with Crippen LogP contribution < -0.4 is 4.90 Å². The van der Waals surface area contributed by atoms with Crippen molar-refractivity contribution in [3.05, 3.63) is 18.6 Å². The van der Waals surface area contributed by atoms with Crippen LogP contribution in [-0.2, 0) is 19.0 Å². The number of anilines is 1. The van der Waals surface area contributed by atoms with Crippen molar-refractivity contribution in [2.75, 3.05) is 58.0 Å². The smallest absolute Gasteiger partial charge is 0.225 e. The summed E-state index contributed by atoms with van der Waals surface area (Å²) in [4.78, 5) is 25.6. The van der Waals surface area contributed by atoms with E-state index < -0.39 is 5.60 Å². The Morgan fingerprint density at radius 3 is 2.85 bits per heavy atom. The molecule has 2 aliphatic heterocycles. The topological polar surface area (TPSA) is 77.0 Å². The third-order valence-corrected chi connectivity index (χ3v) is 6.00. The fourth-order valence-corrected chi connectivity index (χ4v) is 4.21. The first-order valence-corrected chi connectivity index (χ1v) is 9.69. The number of amides is 1. The number of rotatable bonds is 4. The number of carbonyl (C=O) groups excluding carboxylic acids is 1. The molecule has 8 nitrogen and oxygen atoms in total. The molecule has 0 radical (unpaired) electrons. The maximum absolute atomic E-state index is 12.9. The van der Waals surface area contributed by atoms with Crippen molar-refractivity contribution in [2.45, 2.75) is 36.9 Å². The summed E-state index contributed by atoms with van der Waals surface area (Å²) in [6.45, 7) is 4.10. The second-order valence-corrected chi connectivity index (χ2v) is 7.80. The number of hydrogen-bond acceptors (Lipinski definition) is 7. The van der Waals surface area contributed by atoms with Crippen LogP contribution in [0.2, 0.25) is 0 Å². The number of hydrogen-bond donors (Lipinski definition) is 0. The van der Waals surface area contributed by atoms with Crippen LogP contribution in [0.15, 0.2) is 18.6 Å². The van der Waals surface area contributed by atoms with Crippen LogP contribution in [0.1, 0.15) is 25.7 Å². The van der Waals surface area contributed by atoms with E-state index in [9.17, 15) is 4.79 Å². The zero-order valence-corrected chi connectivity index (χ0v) is 15.9. The van der Waals surface area contributed by atoms with Gasteiger partial charge < -0.3 is 24.0 Å². The minimum absolute atomic E-state index is 0.148. The van der Waals surface area contributed by atoms with Gasteiger partial charge in [-0.2, -0.15) is 0 Å². The third kappa shape index (κ3) is 3.93. The summed E-state index contributed by atoms with van der Waals surface area (Å²) < 4.78 is 17.7. The molecule has 1 atom stereocenters. The van der Waals surface area contributed by atoms with E-state index in [1.165, 1.54) is 0 Å². The fraction of sp³-hybridized carbons (Fsp3) is 0.737. The van der Waals surface area contributed by atoms with Gasteiger partial charge in [-0.1, -0.05) is 0 Å². The lowest BCUT2D eigenvalue weighted by Gasteiger charge is -2.45. The molecule has 1 aliphatic carbocycles. The normalized spacial score (nSPS) is 27.9. The predicted octanol–water partition coefficient (Wildman–Crippen LogP) is 0.870. The second-order valence-electron chi connectivity index (χ2n) is 7.80. The molecule has 148 valence electrons. The molecule has 4 rings (SSSR count). The minimum Gasteiger partial charge on any atom is -0.378 e. The van der Waals surface area contributed by atoms with E-state index in [1.807, 2.05) is 4.90 Å². The molecule has 0 N–H and O–H groups in total. The van der Waals surface area contributed by atoms with Gasteiger partial charge >= 0.3 is 0 Å². The van der Waals surface area contributed by atoms with Crippen molar-refractivity contribution in [3.8, 4) is 0 Å². The summed E-state index contributed by atoms with van der Waals surface area (Å²) in [5.74, 6) is 0.955. The van der Waals surface area contributed by atoms with Crippen LogP contribution in [0.25, 0.3) is 0 Å². The number of morpholine rings is 1. The zero-order valence-electron chi connectivity index (χ0n) is 15.9. The first-order valence-electron chi connectivity index (χ1n) is 9.69. The molecule has 27 heavy (non-hydrogen) atoms. The highest BCUT2D eigenvalue weighted by Gasteiger charge is 2.45. The van der Waals surface area contributed by atoms with E-state index in [-0.39, 0.29) is 11.5 Å². The van der Waals surface area contributed by atoms with E-state index in [4.69, 9.17) is 14.2 Å². The Bertz CT molecular complexity index is 649. The van der Waals surface area contributed by atoms with Gasteiger partial charge in [-0.15, -0.1) is 0 Å². The molecule has 1 amide bonds. The number of ether oxygens (including phenoxy) is 3. The van der Waals surface area contributed by atoms with Gasteiger partial charge in [-0.25, -0.2) is 4.98 Å². The van der Waals surface area contributed by atoms with Crippen molar-refractivity contribution in [1.29, 1.82) is 0 Å². The molecule has 1 saturated carbocycles. The Morgan fingerprint density at radius 1 is 1.26 bits per heavy atom. The highest BCUT2D eigenvalue weighted by atomic mass is 16.5. The van der Waals surface area contributed by atoms with Gasteiger partial charge in [-0.05, 0) is 19.3 Å². The molecule has 3 heterocycles. The van der Waals surface area contributed by atoms with Gasteiger partial charge in [0.15, 0.2) is 0 Å². The number of carbonyl (C=O) groups is 1. The molecule has 3 aliphatic rings. The van der Waals surface area contributed by atoms with E-state index in [2.05, 4.69) is 14.9 Å². The molecule has 1 spiro atoms. The lowest BCUT2D eigenvalue weighted by atomic mass is 9.77. The maximum Gasteiger partial charge on any atom is 0.225 e. The number of methoxy groups -OCH3 is 1. The summed E-state index contributed by atoms with van der Waals surface area (Å²) in [6.07, 6.45) is 8.63. The summed E-state index contributed by atoms with van der Waals surface area (Å²) in [7, 11) is 1.71. The molecular weight excluding hydrogens is 348 g/mol. The van der Waals surface area contributed by atoms with Gasteiger partial charge in [0.2, 0.25) is 5.91 Å². The standard InChI is InChI=1S/C19H28N4O4/c1-25-18(3-2-4-18)11-17(24)23-8-10-27-19(14-23)13-22(7-9-26-15-19)16-12-20-5-6-21-16/h5-6,12H,2-4,7-11,13-15H2,1H3. The largest absolute Gasteiger partial charge is 0.378 e. The zero-order chi connectivity index (χ0) is 18.7. The van der Waals surface area contributed by atoms with Crippen LogP contribution in [0.5, 0.6) is 0 Å². The number of aromatic nitrogens is 2. The van der Waals surface area contributed by atoms with Crippen molar-refractivity contribution in [2.24, 2.45) is 0 Å². The van der Waals surface area contributed by atoms with Gasteiger partial charge in [0.05, 0.1) is 51.1 Å². The lowest BCUT2D eigenvalue weighted by molar-refractivity contribution is -0.165. The average molecular weight is 376 g/mol. The molecule has 1 aromatic rings. The highest BCUT2D eigenvalue weighted by molar-refractivity contribution is 5.77. The molecular formula is C19H28N4O4. The molecule has 8 heteroatoms. The molecule has 2 saturated heterocycles. The van der Waals surface area contributed by atoms with Crippen molar-refractivity contribution < 1.29 is 19.0 Å². The van der Waals surface area contributed by atoms with E-state index in [0.29, 0.717) is 45.9 Å². The van der Waals surface area contributed by atoms with Crippen LogP contribution in [0, 0.1) is 0 Å². The fourth-order valence-electron chi connectivity index (χ4n) is 4.21. The van der Waals surface area contributed by atoms with E-state index in [1.54, 1.807) is 25.7 Å². The molecule has 1 aromatic heterocycles. The Hall–Kier alpha value is -1.77. The SMILES string of the molecule is COC1(CC(=O)N2CCOC3(COCCN(c4cnccn4)C3)C2)CCC1. The highest BCUT2D eigenvalue weighted by Crippen LogP contribution is 2.38. The average Bonchev–Trinajstić information content (AvgIpc) is 2.88. The first-order chi connectivity index (χ1) is 13.1. The Balaban J connectivity index is 1.46. The van der Waals surface area contributed by atoms with Crippen molar-refractivity contribution >= 4 is 11.7 Å². The summed E-state index contributed by atoms with van der Waals surface area (Å²) >= 11 is 0. The van der Waals surface area contributed by atoms with Gasteiger partial charge in [-0.3, -0.25) is 9.78 Å². The van der Waals surface area contributed by atoms with Crippen LogP contribution in [-0.4, -0.2) is 85.1 Å². The third-order valence-electron chi connectivity index (χ3n) is 6.00. The molecule has 3 fully saturated rings. The predicted molar refractivity (Wildman–Crippen MR) is 98.5 cm³/mol. The van der Waals surface area contributed by atoms with E-state index >= 15 is 0 Å². The summed E-state index contributed by atoms with van der Waals surface area (Å²) in [6, 6.07) is 0. The Labute approximate surface area is 159 Å². The quantitative estimate of drug-likeness (QED) is 0.772. The lowest BCUT2D eigenvalue weighted by Crippen LogP contribution is -2.60. The minimum atomic E-state index is -0.540. The number of nitrogens with zero attached hydrogens (tertiary/aromatic N) is 4. The summed E-state index contributed by atoms with van der Waals surface area (Å²) in [5.41, 5.74) is -0.796. The second kappa shape index (κ2) is 7.69.